The quantitative estimate of drug-likeness (QED) is 0.805. The average Bonchev–Trinajstić information content (AvgIpc) is 2.86. The molecule has 0 spiro atoms. The largest absolute Gasteiger partial charge is 0.361 e. The second-order valence-corrected chi connectivity index (χ2v) is 7.68. The van der Waals surface area contributed by atoms with E-state index in [0.717, 1.165) is 41.8 Å². The summed E-state index contributed by atoms with van der Waals surface area (Å²) >= 11 is 0. The summed E-state index contributed by atoms with van der Waals surface area (Å²) in [7, 11) is 1.89. The van der Waals surface area contributed by atoms with Crippen LogP contribution in [0.25, 0.3) is 0 Å². The highest BCUT2D eigenvalue weighted by Gasteiger charge is 2.47. The predicted octanol–water partition coefficient (Wildman–Crippen LogP) is 4.50. The third kappa shape index (κ3) is 3.10. The second kappa shape index (κ2) is 6.66. The zero-order chi connectivity index (χ0) is 18.2. The van der Waals surface area contributed by atoms with Gasteiger partial charge in [-0.25, -0.2) is 0 Å². The van der Waals surface area contributed by atoms with Gasteiger partial charge in [0.05, 0.1) is 17.7 Å². The highest BCUT2D eigenvalue weighted by atomic mass is 16.5. The van der Waals surface area contributed by atoms with E-state index in [9.17, 15) is 4.79 Å². The lowest BCUT2D eigenvalue weighted by molar-refractivity contribution is -0.140. The van der Waals surface area contributed by atoms with E-state index in [2.05, 4.69) is 43.3 Å². The summed E-state index contributed by atoms with van der Waals surface area (Å²) in [5, 5.41) is 4.00. The van der Waals surface area contributed by atoms with E-state index in [1.807, 2.05) is 25.8 Å². The molecule has 134 valence electrons. The number of carbonyl (C=O) groups excluding carboxylic acids is 1. The summed E-state index contributed by atoms with van der Waals surface area (Å²) < 4.78 is 5.23. The van der Waals surface area contributed by atoms with E-state index >= 15 is 0 Å². The third-order valence-electron chi connectivity index (χ3n) is 5.67. The normalized spacial score (nSPS) is 15.9. The molecule has 4 nitrogen and oxygen atoms in total. The van der Waals surface area contributed by atoms with Crippen molar-refractivity contribution in [3.63, 3.8) is 0 Å². The fraction of sp³-hybridized carbons (Fsp3) is 0.524. The van der Waals surface area contributed by atoms with Crippen molar-refractivity contribution in [2.45, 2.75) is 64.8 Å². The maximum atomic E-state index is 13.3. The van der Waals surface area contributed by atoms with E-state index in [-0.39, 0.29) is 11.3 Å². The first-order valence-electron chi connectivity index (χ1n) is 9.13. The van der Waals surface area contributed by atoms with E-state index in [1.54, 1.807) is 0 Å². The van der Waals surface area contributed by atoms with E-state index in [0.29, 0.717) is 12.5 Å². The molecule has 0 aliphatic heterocycles. The molecule has 4 heteroatoms. The van der Waals surface area contributed by atoms with Crippen molar-refractivity contribution < 1.29 is 9.32 Å². The molecule has 1 fully saturated rings. The molecule has 2 aromatic rings. The van der Waals surface area contributed by atoms with Gasteiger partial charge in [-0.1, -0.05) is 49.7 Å². The summed E-state index contributed by atoms with van der Waals surface area (Å²) in [6, 6.07) is 8.63. The fourth-order valence-corrected chi connectivity index (χ4v) is 3.75. The van der Waals surface area contributed by atoms with Crippen LogP contribution in [0.2, 0.25) is 0 Å². The van der Waals surface area contributed by atoms with E-state index < -0.39 is 0 Å². The van der Waals surface area contributed by atoms with Crippen LogP contribution in [0.15, 0.2) is 28.8 Å². The molecular formula is C21H28N2O2. The van der Waals surface area contributed by atoms with Gasteiger partial charge in [0.2, 0.25) is 5.91 Å². The SMILES string of the molecule is Cc1noc(C)c1CN(C)C(=O)C1(c2ccc(C(C)C)cc2)CCC1. The van der Waals surface area contributed by atoms with Gasteiger partial charge in [-0.15, -0.1) is 0 Å². The number of aryl methyl sites for hydroxylation is 2. The van der Waals surface area contributed by atoms with E-state index in [4.69, 9.17) is 4.52 Å². The van der Waals surface area contributed by atoms with Crippen LogP contribution >= 0.6 is 0 Å². The molecule has 1 heterocycles. The van der Waals surface area contributed by atoms with Crippen LogP contribution in [0.4, 0.5) is 0 Å². The van der Waals surface area contributed by atoms with Crippen molar-refractivity contribution in [1.82, 2.24) is 10.1 Å². The molecule has 1 aromatic carbocycles. The number of rotatable bonds is 5. The molecule has 1 aliphatic rings. The zero-order valence-corrected chi connectivity index (χ0v) is 15.9. The first-order chi connectivity index (χ1) is 11.8. The van der Waals surface area contributed by atoms with Crippen LogP contribution in [0, 0.1) is 13.8 Å². The van der Waals surface area contributed by atoms with Crippen LogP contribution < -0.4 is 0 Å². The van der Waals surface area contributed by atoms with Gasteiger partial charge in [-0.2, -0.15) is 0 Å². The molecule has 0 atom stereocenters. The minimum Gasteiger partial charge on any atom is -0.361 e. The summed E-state index contributed by atoms with van der Waals surface area (Å²) in [6.07, 6.45) is 2.97. The lowest BCUT2D eigenvalue weighted by Crippen LogP contribution is -2.49. The second-order valence-electron chi connectivity index (χ2n) is 7.68. The molecule has 0 saturated heterocycles. The van der Waals surface area contributed by atoms with Crippen molar-refractivity contribution in [3.8, 4) is 0 Å². The number of carbonyl (C=O) groups is 1. The van der Waals surface area contributed by atoms with Gasteiger partial charge < -0.3 is 9.42 Å². The maximum absolute atomic E-state index is 13.3. The molecular weight excluding hydrogens is 312 g/mol. The number of benzene rings is 1. The smallest absolute Gasteiger partial charge is 0.233 e. The molecule has 0 N–H and O–H groups in total. The van der Waals surface area contributed by atoms with Crippen molar-refractivity contribution >= 4 is 5.91 Å². The van der Waals surface area contributed by atoms with Crippen molar-refractivity contribution in [3.05, 3.63) is 52.4 Å². The number of nitrogens with zero attached hydrogens (tertiary/aromatic N) is 2. The van der Waals surface area contributed by atoms with Crippen LogP contribution in [0.3, 0.4) is 0 Å². The Morgan fingerprint density at radius 2 is 1.88 bits per heavy atom. The number of hydrogen-bond donors (Lipinski definition) is 0. The van der Waals surface area contributed by atoms with Gasteiger partial charge in [0, 0.05) is 12.6 Å². The van der Waals surface area contributed by atoms with Gasteiger partial charge in [0.25, 0.3) is 0 Å². The number of likely N-dealkylation sites (N-methyl/N-ethyl adjacent to an activating group) is 1. The highest BCUT2D eigenvalue weighted by Crippen LogP contribution is 2.45. The Labute approximate surface area is 150 Å². The van der Waals surface area contributed by atoms with Gasteiger partial charge >= 0.3 is 0 Å². The molecule has 3 rings (SSSR count). The Hall–Kier alpha value is -2.10. The topological polar surface area (TPSA) is 46.3 Å². The fourth-order valence-electron chi connectivity index (χ4n) is 3.75. The molecule has 1 aromatic heterocycles. The maximum Gasteiger partial charge on any atom is 0.233 e. The Bertz CT molecular complexity index is 735. The van der Waals surface area contributed by atoms with Gasteiger partial charge in [0.1, 0.15) is 5.76 Å². The standard InChI is InChI=1S/C21H28N2O2/c1-14(2)17-7-9-18(10-8-17)21(11-6-12-21)20(24)23(5)13-19-15(3)22-25-16(19)4/h7-10,14H,6,11-13H2,1-5H3. The lowest BCUT2D eigenvalue weighted by Gasteiger charge is -2.43. The van der Waals surface area contributed by atoms with Crippen molar-refractivity contribution in [1.29, 1.82) is 0 Å². The number of hydrogen-bond acceptors (Lipinski definition) is 3. The van der Waals surface area contributed by atoms with Gasteiger partial charge in [-0.3, -0.25) is 4.79 Å². The Balaban J connectivity index is 1.83. The average molecular weight is 340 g/mol. The van der Waals surface area contributed by atoms with Gasteiger partial charge in [0.15, 0.2) is 0 Å². The summed E-state index contributed by atoms with van der Waals surface area (Å²) in [6.45, 7) is 8.75. The Morgan fingerprint density at radius 1 is 1.24 bits per heavy atom. The first-order valence-corrected chi connectivity index (χ1v) is 9.13. The number of aromatic nitrogens is 1. The van der Waals surface area contributed by atoms with Crippen LogP contribution in [0.5, 0.6) is 0 Å². The minimum absolute atomic E-state index is 0.205. The number of amides is 1. The molecule has 0 radical (unpaired) electrons. The van der Waals surface area contributed by atoms with Crippen LogP contribution in [-0.4, -0.2) is 23.0 Å². The monoisotopic (exact) mass is 340 g/mol. The Morgan fingerprint density at radius 3 is 2.32 bits per heavy atom. The van der Waals surface area contributed by atoms with Crippen molar-refractivity contribution in [2.24, 2.45) is 0 Å². The molecule has 1 saturated carbocycles. The molecule has 25 heavy (non-hydrogen) atoms. The van der Waals surface area contributed by atoms with Crippen LogP contribution in [0.1, 0.15) is 67.2 Å². The van der Waals surface area contributed by atoms with Gasteiger partial charge in [-0.05, 0) is 43.7 Å². The first kappa shape index (κ1) is 17.7. The molecule has 1 amide bonds. The highest BCUT2D eigenvalue weighted by molar-refractivity contribution is 5.89. The zero-order valence-electron chi connectivity index (χ0n) is 15.9. The van der Waals surface area contributed by atoms with Crippen LogP contribution in [-0.2, 0) is 16.8 Å². The summed E-state index contributed by atoms with van der Waals surface area (Å²) in [4.78, 5) is 15.1. The molecule has 1 aliphatic carbocycles. The lowest BCUT2D eigenvalue weighted by atomic mass is 9.63. The molecule has 0 bridgehead atoms. The summed E-state index contributed by atoms with van der Waals surface area (Å²) in [5.41, 5.74) is 3.98. The van der Waals surface area contributed by atoms with Crippen molar-refractivity contribution in [2.75, 3.05) is 7.05 Å². The third-order valence-corrected chi connectivity index (χ3v) is 5.67. The summed E-state index contributed by atoms with van der Waals surface area (Å²) in [5.74, 6) is 1.50. The Kier molecular flexibility index (Phi) is 4.72. The minimum atomic E-state index is -0.358. The molecule has 0 unspecified atom stereocenters. The van der Waals surface area contributed by atoms with E-state index in [1.165, 1.54) is 5.56 Å². The predicted molar refractivity (Wildman–Crippen MR) is 98.5 cm³/mol.